The molecule has 3 heteroatoms. The first-order valence-electron chi connectivity index (χ1n) is 6.28. The molecule has 3 nitrogen and oxygen atoms in total. The van der Waals surface area contributed by atoms with E-state index in [1.165, 1.54) is 12.8 Å². The number of amides is 1. The summed E-state index contributed by atoms with van der Waals surface area (Å²) in [7, 11) is 0. The molecular formula is C13H22N2O. The van der Waals surface area contributed by atoms with Gasteiger partial charge in [0, 0.05) is 12.6 Å². The molecule has 1 saturated heterocycles. The van der Waals surface area contributed by atoms with E-state index in [9.17, 15) is 4.79 Å². The second-order valence-electron chi connectivity index (χ2n) is 5.08. The number of carbonyl (C=O) groups is 1. The number of carbonyl (C=O) groups excluding carboxylic acids is 1. The predicted octanol–water partition coefficient (Wildman–Crippen LogP) is 2.57. The smallest absolute Gasteiger partial charge is 0.240 e. The van der Waals surface area contributed by atoms with Gasteiger partial charge in [0.2, 0.25) is 5.91 Å². The first kappa shape index (κ1) is 13.0. The fourth-order valence-electron chi connectivity index (χ4n) is 2.27. The van der Waals surface area contributed by atoms with Crippen molar-refractivity contribution in [2.45, 2.75) is 52.5 Å². The highest BCUT2D eigenvalue weighted by Crippen LogP contribution is 2.21. The maximum absolute atomic E-state index is 12.2. The average Bonchev–Trinajstić information content (AvgIpc) is 2.43. The summed E-state index contributed by atoms with van der Waals surface area (Å²) in [5.74, 6) is -0.333. The molecule has 1 amide bonds. The van der Waals surface area contributed by atoms with Crippen molar-refractivity contribution in [2.75, 3.05) is 6.54 Å². The highest BCUT2D eigenvalue weighted by Gasteiger charge is 2.30. The molecule has 90 valence electrons. The lowest BCUT2D eigenvalue weighted by Gasteiger charge is -2.30. The summed E-state index contributed by atoms with van der Waals surface area (Å²) in [6, 6.07) is 2.44. The molecule has 1 aliphatic heterocycles. The maximum atomic E-state index is 12.2. The molecule has 0 radical (unpaired) electrons. The van der Waals surface area contributed by atoms with Crippen molar-refractivity contribution in [1.29, 1.82) is 5.26 Å². The van der Waals surface area contributed by atoms with E-state index in [1.54, 1.807) is 0 Å². The summed E-state index contributed by atoms with van der Waals surface area (Å²) in [5, 5.41) is 9.06. The van der Waals surface area contributed by atoms with Gasteiger partial charge < -0.3 is 4.90 Å². The minimum atomic E-state index is -0.472. The first-order chi connectivity index (χ1) is 7.57. The lowest BCUT2D eigenvalue weighted by Crippen LogP contribution is -2.42. The molecule has 0 aliphatic carbocycles. The molecule has 1 heterocycles. The Morgan fingerprint density at radius 2 is 2.06 bits per heavy atom. The van der Waals surface area contributed by atoms with Crippen molar-refractivity contribution >= 4 is 5.91 Å². The number of rotatable bonds is 2. The Hall–Kier alpha value is -1.04. The summed E-state index contributed by atoms with van der Waals surface area (Å²) < 4.78 is 0. The zero-order chi connectivity index (χ0) is 12.1. The van der Waals surface area contributed by atoms with Crippen molar-refractivity contribution in [2.24, 2.45) is 11.8 Å². The normalized spacial score (nSPS) is 23.7. The maximum Gasteiger partial charge on any atom is 0.240 e. The van der Waals surface area contributed by atoms with Crippen molar-refractivity contribution < 1.29 is 4.79 Å². The number of hydrogen-bond acceptors (Lipinski definition) is 2. The van der Waals surface area contributed by atoms with E-state index in [1.807, 2.05) is 18.7 Å². The van der Waals surface area contributed by atoms with Crippen LogP contribution in [-0.4, -0.2) is 23.4 Å². The highest BCUT2D eigenvalue weighted by atomic mass is 16.2. The summed E-state index contributed by atoms with van der Waals surface area (Å²) in [4.78, 5) is 14.2. The fourth-order valence-corrected chi connectivity index (χ4v) is 2.27. The van der Waals surface area contributed by atoms with Crippen LogP contribution in [0.4, 0.5) is 0 Å². The SMILES string of the molecule is CC(C)C(C#N)C(=O)N1CCCCCC1C. The molecule has 0 N–H and O–H groups in total. The number of nitrogens with zero attached hydrogens (tertiary/aromatic N) is 2. The van der Waals surface area contributed by atoms with E-state index >= 15 is 0 Å². The van der Waals surface area contributed by atoms with Crippen LogP contribution in [0, 0.1) is 23.2 Å². The lowest BCUT2D eigenvalue weighted by molar-refractivity contribution is -0.136. The molecule has 0 aromatic carbocycles. The Balaban J connectivity index is 2.74. The van der Waals surface area contributed by atoms with Gasteiger partial charge in [-0.15, -0.1) is 0 Å². The fraction of sp³-hybridized carbons (Fsp3) is 0.846. The van der Waals surface area contributed by atoms with Gasteiger partial charge in [-0.3, -0.25) is 4.79 Å². The Morgan fingerprint density at radius 3 is 2.62 bits per heavy atom. The summed E-state index contributed by atoms with van der Waals surface area (Å²) in [5.41, 5.74) is 0. The van der Waals surface area contributed by atoms with Crippen LogP contribution in [0.25, 0.3) is 0 Å². The molecule has 0 aromatic heterocycles. The monoisotopic (exact) mass is 222 g/mol. The van der Waals surface area contributed by atoms with E-state index in [0.717, 1.165) is 19.4 Å². The van der Waals surface area contributed by atoms with Gasteiger partial charge in [0.25, 0.3) is 0 Å². The van der Waals surface area contributed by atoms with Gasteiger partial charge in [-0.2, -0.15) is 5.26 Å². The first-order valence-corrected chi connectivity index (χ1v) is 6.28. The van der Waals surface area contributed by atoms with Crippen LogP contribution < -0.4 is 0 Å². The lowest BCUT2D eigenvalue weighted by atomic mass is 9.95. The van der Waals surface area contributed by atoms with Crippen LogP contribution in [0.15, 0.2) is 0 Å². The minimum absolute atomic E-state index is 0.0342. The van der Waals surface area contributed by atoms with Crippen molar-refractivity contribution in [3.05, 3.63) is 0 Å². The van der Waals surface area contributed by atoms with Crippen molar-refractivity contribution in [3.8, 4) is 6.07 Å². The van der Waals surface area contributed by atoms with E-state index in [0.29, 0.717) is 6.04 Å². The van der Waals surface area contributed by atoms with Crippen LogP contribution in [0.5, 0.6) is 0 Å². The zero-order valence-electron chi connectivity index (χ0n) is 10.6. The Labute approximate surface area is 98.4 Å². The molecule has 2 atom stereocenters. The Morgan fingerprint density at radius 1 is 1.38 bits per heavy atom. The van der Waals surface area contributed by atoms with Crippen LogP contribution in [0.2, 0.25) is 0 Å². The molecule has 0 spiro atoms. The number of likely N-dealkylation sites (tertiary alicyclic amines) is 1. The molecule has 1 aliphatic rings. The van der Waals surface area contributed by atoms with Gasteiger partial charge in [0.15, 0.2) is 0 Å². The number of hydrogen-bond donors (Lipinski definition) is 0. The second-order valence-corrected chi connectivity index (χ2v) is 5.08. The highest BCUT2D eigenvalue weighted by molar-refractivity contribution is 5.81. The molecule has 0 aromatic rings. The zero-order valence-corrected chi connectivity index (χ0v) is 10.6. The van der Waals surface area contributed by atoms with Crippen LogP contribution in [-0.2, 0) is 4.79 Å². The quantitative estimate of drug-likeness (QED) is 0.720. The largest absolute Gasteiger partial charge is 0.339 e. The van der Waals surface area contributed by atoms with Crippen LogP contribution >= 0.6 is 0 Å². The topological polar surface area (TPSA) is 44.1 Å². The van der Waals surface area contributed by atoms with E-state index in [4.69, 9.17) is 5.26 Å². The molecular weight excluding hydrogens is 200 g/mol. The average molecular weight is 222 g/mol. The van der Waals surface area contributed by atoms with Crippen molar-refractivity contribution in [3.63, 3.8) is 0 Å². The van der Waals surface area contributed by atoms with Crippen LogP contribution in [0.1, 0.15) is 46.5 Å². The summed E-state index contributed by atoms with van der Waals surface area (Å²) in [6.07, 6.45) is 4.55. The summed E-state index contributed by atoms with van der Waals surface area (Å²) in [6.45, 7) is 6.80. The Bertz CT molecular complexity index is 280. The standard InChI is InChI=1S/C13H22N2O/c1-10(2)12(9-14)13(16)15-8-6-4-5-7-11(15)3/h10-12H,4-8H2,1-3H3. The van der Waals surface area contributed by atoms with Gasteiger partial charge in [-0.05, 0) is 25.7 Å². The molecule has 2 unspecified atom stereocenters. The third-order valence-electron chi connectivity index (χ3n) is 3.41. The molecule has 1 rings (SSSR count). The van der Waals surface area contributed by atoms with Crippen molar-refractivity contribution in [1.82, 2.24) is 4.90 Å². The van der Waals surface area contributed by atoms with Gasteiger partial charge in [0.05, 0.1) is 6.07 Å². The molecule has 0 bridgehead atoms. The van der Waals surface area contributed by atoms with E-state index in [-0.39, 0.29) is 11.8 Å². The minimum Gasteiger partial charge on any atom is -0.339 e. The van der Waals surface area contributed by atoms with Gasteiger partial charge in [0.1, 0.15) is 5.92 Å². The van der Waals surface area contributed by atoms with Gasteiger partial charge in [-0.25, -0.2) is 0 Å². The van der Waals surface area contributed by atoms with Gasteiger partial charge >= 0.3 is 0 Å². The molecule has 16 heavy (non-hydrogen) atoms. The van der Waals surface area contributed by atoms with Crippen LogP contribution in [0.3, 0.4) is 0 Å². The molecule has 0 saturated carbocycles. The Kier molecular flexibility index (Phi) is 4.79. The summed E-state index contributed by atoms with van der Waals surface area (Å²) >= 11 is 0. The predicted molar refractivity (Wildman–Crippen MR) is 63.6 cm³/mol. The third-order valence-corrected chi connectivity index (χ3v) is 3.41. The third kappa shape index (κ3) is 2.98. The number of nitriles is 1. The molecule has 1 fully saturated rings. The van der Waals surface area contributed by atoms with Gasteiger partial charge in [-0.1, -0.05) is 26.7 Å². The second kappa shape index (κ2) is 5.89. The van der Waals surface area contributed by atoms with E-state index in [2.05, 4.69) is 13.0 Å². The van der Waals surface area contributed by atoms with E-state index < -0.39 is 5.92 Å².